The number of thioether (sulfide) groups is 1. The molecule has 0 aromatic heterocycles. The second kappa shape index (κ2) is 7.54. The molecule has 0 spiro atoms. The summed E-state index contributed by atoms with van der Waals surface area (Å²) in [5, 5.41) is 11.3. The standard InChI is InChI=1S/C13H16N2O4S/c1-8(16)15-11(13(18)19)7-20-6-9-4-2-3-5-10(9)12(14)17/h2-5,11H,6-7H2,1H3,(H2,14,17)(H,15,16)(H,18,19)/t11-/m0/s1. The molecule has 0 unspecified atom stereocenters. The molecule has 6 nitrogen and oxygen atoms in total. The molecule has 0 radical (unpaired) electrons. The first-order chi connectivity index (χ1) is 9.41. The van der Waals surface area contributed by atoms with Crippen molar-refractivity contribution in [2.75, 3.05) is 5.75 Å². The summed E-state index contributed by atoms with van der Waals surface area (Å²) in [6.45, 7) is 1.27. The van der Waals surface area contributed by atoms with Gasteiger partial charge >= 0.3 is 5.97 Å². The van der Waals surface area contributed by atoms with Crippen LogP contribution in [0.3, 0.4) is 0 Å². The Bertz CT molecular complexity index is 519. The maximum Gasteiger partial charge on any atom is 0.327 e. The van der Waals surface area contributed by atoms with E-state index < -0.39 is 23.8 Å². The summed E-state index contributed by atoms with van der Waals surface area (Å²) in [6, 6.07) is 5.94. The normalized spacial score (nSPS) is 11.7. The highest BCUT2D eigenvalue weighted by molar-refractivity contribution is 7.98. The Labute approximate surface area is 120 Å². The number of nitrogens with two attached hydrogens (primary N) is 1. The van der Waals surface area contributed by atoms with E-state index in [0.717, 1.165) is 5.56 Å². The van der Waals surface area contributed by atoms with Gasteiger partial charge in [-0.05, 0) is 11.6 Å². The smallest absolute Gasteiger partial charge is 0.327 e. The number of aliphatic carboxylic acids is 1. The topological polar surface area (TPSA) is 109 Å². The van der Waals surface area contributed by atoms with Crippen LogP contribution in [0.15, 0.2) is 24.3 Å². The summed E-state index contributed by atoms with van der Waals surface area (Å²) < 4.78 is 0. The minimum atomic E-state index is -1.09. The van der Waals surface area contributed by atoms with Gasteiger partial charge in [0.15, 0.2) is 0 Å². The molecule has 1 aromatic rings. The highest BCUT2D eigenvalue weighted by atomic mass is 32.2. The second-order valence-electron chi connectivity index (χ2n) is 4.13. The molecule has 0 heterocycles. The first-order valence-electron chi connectivity index (χ1n) is 5.87. The molecule has 1 rings (SSSR count). The van der Waals surface area contributed by atoms with Crippen molar-refractivity contribution in [3.63, 3.8) is 0 Å². The van der Waals surface area contributed by atoms with Gasteiger partial charge in [-0.1, -0.05) is 18.2 Å². The predicted molar refractivity (Wildman–Crippen MR) is 76.4 cm³/mol. The third kappa shape index (κ3) is 4.93. The van der Waals surface area contributed by atoms with Gasteiger partial charge in [0, 0.05) is 24.0 Å². The summed E-state index contributed by atoms with van der Waals surface area (Å²) in [5.41, 5.74) is 6.43. The highest BCUT2D eigenvalue weighted by Gasteiger charge is 2.18. The SMILES string of the molecule is CC(=O)N[C@@H](CSCc1ccccc1C(N)=O)C(=O)O. The number of rotatable bonds is 7. The van der Waals surface area contributed by atoms with Crippen LogP contribution in [0.2, 0.25) is 0 Å². The average Bonchev–Trinajstić information content (AvgIpc) is 2.37. The van der Waals surface area contributed by atoms with E-state index in [1.807, 2.05) is 0 Å². The van der Waals surface area contributed by atoms with E-state index >= 15 is 0 Å². The van der Waals surface area contributed by atoms with E-state index in [-0.39, 0.29) is 5.75 Å². The van der Waals surface area contributed by atoms with Gasteiger partial charge in [0.25, 0.3) is 0 Å². The fraction of sp³-hybridized carbons (Fsp3) is 0.308. The van der Waals surface area contributed by atoms with Gasteiger partial charge in [-0.25, -0.2) is 4.79 Å². The first-order valence-corrected chi connectivity index (χ1v) is 7.02. The first kappa shape index (κ1) is 16.0. The Kier molecular flexibility index (Phi) is 6.05. The molecule has 7 heteroatoms. The molecule has 0 bridgehead atoms. The van der Waals surface area contributed by atoms with E-state index in [2.05, 4.69) is 5.32 Å². The Morgan fingerprint density at radius 2 is 2.00 bits per heavy atom. The van der Waals surface area contributed by atoms with Crippen LogP contribution in [0.5, 0.6) is 0 Å². The number of carboxylic acids is 1. The Morgan fingerprint density at radius 3 is 2.55 bits per heavy atom. The zero-order valence-corrected chi connectivity index (χ0v) is 11.8. The van der Waals surface area contributed by atoms with Crippen molar-refractivity contribution in [3.05, 3.63) is 35.4 Å². The molecule has 108 valence electrons. The van der Waals surface area contributed by atoms with Crippen LogP contribution in [0, 0.1) is 0 Å². The summed E-state index contributed by atoms with van der Waals surface area (Å²) in [7, 11) is 0. The van der Waals surface area contributed by atoms with E-state index in [9.17, 15) is 14.4 Å². The molecular formula is C13H16N2O4S. The number of benzene rings is 1. The fourth-order valence-corrected chi connectivity index (χ4v) is 2.64. The molecule has 0 aliphatic heterocycles. The zero-order valence-electron chi connectivity index (χ0n) is 11.0. The van der Waals surface area contributed by atoms with Crippen LogP contribution in [0.25, 0.3) is 0 Å². The number of carbonyl (C=O) groups is 3. The Hall–Kier alpha value is -2.02. The molecule has 2 amide bonds. The van der Waals surface area contributed by atoms with Crippen LogP contribution >= 0.6 is 11.8 Å². The lowest BCUT2D eigenvalue weighted by Crippen LogP contribution is -2.41. The van der Waals surface area contributed by atoms with Crippen molar-refractivity contribution >= 4 is 29.5 Å². The fourth-order valence-electron chi connectivity index (χ4n) is 1.59. The van der Waals surface area contributed by atoms with Gasteiger partial charge in [0.05, 0.1) is 0 Å². The van der Waals surface area contributed by atoms with Crippen LogP contribution < -0.4 is 11.1 Å². The number of hydrogen-bond donors (Lipinski definition) is 3. The number of amides is 2. The largest absolute Gasteiger partial charge is 0.480 e. The van der Waals surface area contributed by atoms with Gasteiger partial charge in [-0.2, -0.15) is 11.8 Å². The number of primary amides is 1. The minimum absolute atomic E-state index is 0.210. The summed E-state index contributed by atoms with van der Waals surface area (Å²) in [6.07, 6.45) is 0. The Morgan fingerprint density at radius 1 is 1.35 bits per heavy atom. The lowest BCUT2D eigenvalue weighted by Gasteiger charge is -2.13. The number of carboxylic acid groups (broad SMARTS) is 1. The zero-order chi connectivity index (χ0) is 15.1. The van der Waals surface area contributed by atoms with Crippen molar-refractivity contribution in [2.24, 2.45) is 5.73 Å². The van der Waals surface area contributed by atoms with Gasteiger partial charge in [-0.3, -0.25) is 9.59 Å². The van der Waals surface area contributed by atoms with Crippen LogP contribution in [0.1, 0.15) is 22.8 Å². The van der Waals surface area contributed by atoms with E-state index in [1.165, 1.54) is 18.7 Å². The molecule has 0 fully saturated rings. The Balaban J connectivity index is 2.61. The van der Waals surface area contributed by atoms with Crippen molar-refractivity contribution in [1.82, 2.24) is 5.32 Å². The second-order valence-corrected chi connectivity index (χ2v) is 5.16. The van der Waals surface area contributed by atoms with Crippen molar-refractivity contribution in [1.29, 1.82) is 0 Å². The van der Waals surface area contributed by atoms with Gasteiger partial charge < -0.3 is 16.2 Å². The molecule has 1 atom stereocenters. The molecule has 20 heavy (non-hydrogen) atoms. The monoisotopic (exact) mass is 296 g/mol. The highest BCUT2D eigenvalue weighted by Crippen LogP contribution is 2.17. The van der Waals surface area contributed by atoms with Crippen LogP contribution in [-0.4, -0.2) is 34.7 Å². The number of carbonyl (C=O) groups excluding carboxylic acids is 2. The minimum Gasteiger partial charge on any atom is -0.480 e. The molecule has 0 aliphatic carbocycles. The molecule has 4 N–H and O–H groups in total. The maximum atomic E-state index is 11.2. The third-order valence-corrected chi connectivity index (χ3v) is 3.58. The maximum absolute atomic E-state index is 11.2. The summed E-state index contributed by atoms with van der Waals surface area (Å²) >= 11 is 1.31. The molecular weight excluding hydrogens is 280 g/mol. The number of nitrogens with one attached hydrogen (secondary N) is 1. The molecule has 0 saturated heterocycles. The lowest BCUT2D eigenvalue weighted by atomic mass is 10.1. The lowest BCUT2D eigenvalue weighted by molar-refractivity contribution is -0.140. The van der Waals surface area contributed by atoms with Crippen LogP contribution in [0.4, 0.5) is 0 Å². The molecule has 0 saturated carbocycles. The van der Waals surface area contributed by atoms with Gasteiger partial charge in [0.1, 0.15) is 6.04 Å². The summed E-state index contributed by atoms with van der Waals surface area (Å²) in [5.74, 6) is -1.34. The van der Waals surface area contributed by atoms with Crippen LogP contribution in [-0.2, 0) is 15.3 Å². The predicted octanol–water partition coefficient (Wildman–Crippen LogP) is 0.608. The summed E-state index contributed by atoms with van der Waals surface area (Å²) in [4.78, 5) is 33.1. The van der Waals surface area contributed by atoms with Crippen molar-refractivity contribution in [2.45, 2.75) is 18.7 Å². The van der Waals surface area contributed by atoms with Gasteiger partial charge in [0.2, 0.25) is 11.8 Å². The average molecular weight is 296 g/mol. The van der Waals surface area contributed by atoms with Crippen molar-refractivity contribution in [3.8, 4) is 0 Å². The van der Waals surface area contributed by atoms with E-state index in [1.54, 1.807) is 24.3 Å². The third-order valence-electron chi connectivity index (χ3n) is 2.50. The van der Waals surface area contributed by atoms with E-state index in [4.69, 9.17) is 10.8 Å². The van der Waals surface area contributed by atoms with E-state index in [0.29, 0.717) is 11.3 Å². The number of hydrogen-bond acceptors (Lipinski definition) is 4. The van der Waals surface area contributed by atoms with Gasteiger partial charge in [-0.15, -0.1) is 0 Å². The molecule has 1 aromatic carbocycles. The van der Waals surface area contributed by atoms with Crippen molar-refractivity contribution < 1.29 is 19.5 Å². The quantitative estimate of drug-likeness (QED) is 0.683. The molecule has 0 aliphatic rings.